The largest absolute Gasteiger partial charge is 0.284 e. The summed E-state index contributed by atoms with van der Waals surface area (Å²) in [5.74, 6) is 0. The molecule has 0 atom stereocenters. The number of nitrogens with zero attached hydrogens (tertiary/aromatic N) is 1. The van der Waals surface area contributed by atoms with E-state index in [-0.39, 0.29) is 14.2 Å². The lowest BCUT2D eigenvalue weighted by atomic mass is 10.1. The fourth-order valence-electron chi connectivity index (χ4n) is 1.27. The van der Waals surface area contributed by atoms with Gasteiger partial charge in [-0.1, -0.05) is 13.0 Å². The van der Waals surface area contributed by atoms with E-state index in [4.69, 9.17) is 10.7 Å². The normalized spacial score (nSPS) is 11.4. The number of halogens is 2. The van der Waals surface area contributed by atoms with Gasteiger partial charge in [0, 0.05) is 16.7 Å². The fourth-order valence-corrected chi connectivity index (χ4v) is 4.62. The van der Waals surface area contributed by atoms with Gasteiger partial charge in [0.2, 0.25) is 0 Å². The molecule has 0 aliphatic carbocycles. The van der Waals surface area contributed by atoms with E-state index in [2.05, 4.69) is 0 Å². The Morgan fingerprint density at radius 2 is 2.06 bits per heavy atom. The quantitative estimate of drug-likeness (QED) is 0.352. The summed E-state index contributed by atoms with van der Waals surface area (Å²) in [5, 5.41) is 10.7. The van der Waals surface area contributed by atoms with Crippen molar-refractivity contribution in [3.63, 3.8) is 0 Å². The summed E-state index contributed by atoms with van der Waals surface area (Å²) in [6.45, 7) is 1.75. The van der Waals surface area contributed by atoms with Crippen molar-refractivity contribution in [3.8, 4) is 0 Å². The number of hydrogen-bond donors (Lipinski definition) is 0. The molecule has 0 heterocycles. The SMILES string of the molecule is CCc1ccc([N+](=O)[O-])c(I)c1S(=O)(=O)Cl. The maximum atomic E-state index is 11.3. The lowest BCUT2D eigenvalue weighted by Crippen LogP contribution is -2.03. The first kappa shape index (κ1) is 13.7. The van der Waals surface area contributed by atoms with Gasteiger partial charge in [-0.3, -0.25) is 10.1 Å². The third kappa shape index (κ3) is 2.64. The molecule has 0 N–H and O–H groups in total. The average Bonchev–Trinajstić information content (AvgIpc) is 2.14. The van der Waals surface area contributed by atoms with Crippen molar-refractivity contribution in [3.05, 3.63) is 31.4 Å². The van der Waals surface area contributed by atoms with Gasteiger partial charge in [-0.2, -0.15) is 0 Å². The topological polar surface area (TPSA) is 77.3 Å². The molecular weight excluding hydrogens is 369 g/mol. The van der Waals surface area contributed by atoms with E-state index < -0.39 is 14.0 Å². The van der Waals surface area contributed by atoms with Crippen LogP contribution in [0.5, 0.6) is 0 Å². The molecular formula is C8H7ClINO4S. The first-order valence-corrected chi connectivity index (χ1v) is 7.58. The van der Waals surface area contributed by atoms with Crippen LogP contribution in [0.25, 0.3) is 0 Å². The summed E-state index contributed by atoms with van der Waals surface area (Å²) in [4.78, 5) is 9.87. The Morgan fingerprint density at radius 3 is 2.44 bits per heavy atom. The Kier molecular flexibility index (Phi) is 4.13. The standard InChI is InChI=1S/C8H7ClINO4S/c1-2-5-3-4-6(11(12)13)7(10)8(5)16(9,14)15/h3-4H,2H2,1H3. The van der Waals surface area contributed by atoms with Crippen LogP contribution in [0.4, 0.5) is 5.69 Å². The predicted molar refractivity (Wildman–Crippen MR) is 68.2 cm³/mol. The van der Waals surface area contributed by atoms with Crippen LogP contribution in [-0.2, 0) is 15.5 Å². The van der Waals surface area contributed by atoms with E-state index in [1.807, 2.05) is 0 Å². The lowest BCUT2D eigenvalue weighted by Gasteiger charge is -2.07. The van der Waals surface area contributed by atoms with Crippen molar-refractivity contribution in [2.24, 2.45) is 0 Å². The average molecular weight is 376 g/mol. The summed E-state index contributed by atoms with van der Waals surface area (Å²) < 4.78 is 22.7. The van der Waals surface area contributed by atoms with E-state index in [0.717, 1.165) is 0 Å². The molecule has 0 saturated carbocycles. The van der Waals surface area contributed by atoms with Crippen molar-refractivity contribution in [1.82, 2.24) is 0 Å². The second-order valence-electron chi connectivity index (χ2n) is 2.94. The molecule has 0 aliphatic heterocycles. The summed E-state index contributed by atoms with van der Waals surface area (Å²) in [7, 11) is 1.30. The van der Waals surface area contributed by atoms with E-state index >= 15 is 0 Å². The first-order chi connectivity index (χ1) is 7.29. The molecule has 16 heavy (non-hydrogen) atoms. The smallest absolute Gasteiger partial charge is 0.258 e. The first-order valence-electron chi connectivity index (χ1n) is 4.19. The van der Waals surface area contributed by atoms with Gasteiger partial charge in [-0.15, -0.1) is 0 Å². The fraction of sp³-hybridized carbons (Fsp3) is 0.250. The molecule has 0 amide bonds. The molecule has 0 unspecified atom stereocenters. The van der Waals surface area contributed by atoms with Crippen LogP contribution < -0.4 is 0 Å². The number of rotatable bonds is 3. The predicted octanol–water partition coefficient (Wildman–Crippen LogP) is 2.69. The molecule has 5 nitrogen and oxygen atoms in total. The molecule has 1 aromatic rings. The van der Waals surface area contributed by atoms with Gasteiger partial charge in [0.25, 0.3) is 14.7 Å². The van der Waals surface area contributed by atoms with E-state index in [9.17, 15) is 18.5 Å². The number of nitro groups is 1. The summed E-state index contributed by atoms with van der Waals surface area (Å²) in [5.41, 5.74) is 0.224. The number of aryl methyl sites for hydroxylation is 1. The Bertz CT molecular complexity index is 543. The van der Waals surface area contributed by atoms with Gasteiger partial charge in [0.05, 0.1) is 4.92 Å². The highest BCUT2D eigenvalue weighted by Gasteiger charge is 2.25. The van der Waals surface area contributed by atoms with Crippen LogP contribution in [-0.4, -0.2) is 13.3 Å². The lowest BCUT2D eigenvalue weighted by molar-refractivity contribution is -0.386. The minimum absolute atomic E-state index is 0.0527. The van der Waals surface area contributed by atoms with Crippen LogP contribution in [0.2, 0.25) is 0 Å². The third-order valence-electron chi connectivity index (χ3n) is 1.98. The summed E-state index contributed by atoms with van der Waals surface area (Å²) in [6, 6.07) is 2.70. The molecule has 88 valence electrons. The van der Waals surface area contributed by atoms with Crippen molar-refractivity contribution in [2.75, 3.05) is 0 Å². The van der Waals surface area contributed by atoms with Crippen LogP contribution in [0.1, 0.15) is 12.5 Å². The second kappa shape index (κ2) is 4.84. The highest BCUT2D eigenvalue weighted by atomic mass is 127. The van der Waals surface area contributed by atoms with E-state index in [1.165, 1.54) is 12.1 Å². The van der Waals surface area contributed by atoms with Gasteiger partial charge in [-0.05, 0) is 34.6 Å². The molecule has 8 heteroatoms. The minimum Gasteiger partial charge on any atom is -0.258 e. The van der Waals surface area contributed by atoms with Crippen molar-refractivity contribution >= 4 is 48.0 Å². The minimum atomic E-state index is -3.97. The second-order valence-corrected chi connectivity index (χ2v) is 6.52. The summed E-state index contributed by atoms with van der Waals surface area (Å²) >= 11 is 1.63. The third-order valence-corrected chi connectivity index (χ3v) is 4.85. The highest BCUT2D eigenvalue weighted by Crippen LogP contribution is 2.32. The Hall–Kier alpha value is -0.410. The molecule has 1 aromatic carbocycles. The van der Waals surface area contributed by atoms with E-state index in [1.54, 1.807) is 29.5 Å². The highest BCUT2D eigenvalue weighted by molar-refractivity contribution is 14.1. The van der Waals surface area contributed by atoms with Crippen molar-refractivity contribution < 1.29 is 13.3 Å². The van der Waals surface area contributed by atoms with Crippen molar-refractivity contribution in [2.45, 2.75) is 18.2 Å². The van der Waals surface area contributed by atoms with Gasteiger partial charge in [0.1, 0.15) is 8.47 Å². The molecule has 0 bridgehead atoms. The Labute approximate surface area is 111 Å². The molecule has 1 rings (SSSR count). The van der Waals surface area contributed by atoms with E-state index in [0.29, 0.717) is 12.0 Å². The molecule has 0 spiro atoms. The molecule has 0 radical (unpaired) electrons. The van der Waals surface area contributed by atoms with Gasteiger partial charge >= 0.3 is 0 Å². The zero-order chi connectivity index (χ0) is 12.5. The summed E-state index contributed by atoms with van der Waals surface area (Å²) in [6.07, 6.45) is 0.440. The molecule has 0 aromatic heterocycles. The Morgan fingerprint density at radius 1 is 1.50 bits per heavy atom. The van der Waals surface area contributed by atoms with Gasteiger partial charge < -0.3 is 0 Å². The van der Waals surface area contributed by atoms with Gasteiger partial charge in [-0.25, -0.2) is 8.42 Å². The zero-order valence-electron chi connectivity index (χ0n) is 8.11. The number of benzene rings is 1. The molecule has 0 fully saturated rings. The Balaban J connectivity index is 3.67. The maximum Gasteiger partial charge on any atom is 0.284 e. The molecule has 0 saturated heterocycles. The van der Waals surface area contributed by atoms with Crippen molar-refractivity contribution in [1.29, 1.82) is 0 Å². The van der Waals surface area contributed by atoms with Crippen LogP contribution in [0.15, 0.2) is 17.0 Å². The van der Waals surface area contributed by atoms with Gasteiger partial charge in [0.15, 0.2) is 0 Å². The number of nitro benzene ring substituents is 1. The number of hydrogen-bond acceptors (Lipinski definition) is 4. The monoisotopic (exact) mass is 375 g/mol. The van der Waals surface area contributed by atoms with Crippen LogP contribution in [0.3, 0.4) is 0 Å². The van der Waals surface area contributed by atoms with Crippen LogP contribution in [0, 0.1) is 13.7 Å². The zero-order valence-corrected chi connectivity index (χ0v) is 11.8. The maximum absolute atomic E-state index is 11.3. The van der Waals surface area contributed by atoms with Crippen LogP contribution >= 0.6 is 33.3 Å². The molecule has 0 aliphatic rings.